The number of non-ortho nitro benzene ring substituents is 1. The van der Waals surface area contributed by atoms with Gasteiger partial charge in [0.2, 0.25) is 0 Å². The normalized spacial score (nSPS) is 16.4. The van der Waals surface area contributed by atoms with Crippen LogP contribution in [-0.2, 0) is 6.54 Å². The maximum atomic E-state index is 10.9. The van der Waals surface area contributed by atoms with Gasteiger partial charge < -0.3 is 9.47 Å². The maximum Gasteiger partial charge on any atom is 0.269 e. The molecule has 0 N–H and O–H groups in total. The Labute approximate surface area is 175 Å². The number of hydrogen-bond donors (Lipinski definition) is 0. The van der Waals surface area contributed by atoms with Crippen molar-refractivity contribution in [2.75, 3.05) is 11.4 Å². The fourth-order valence-electron chi connectivity index (χ4n) is 3.93. The second kappa shape index (κ2) is 8.17. The SMILES string of the molecule is Cc1cc(N2CCCC2c2nncn2CC(C)C)nc(-c2ccc([N+](=O)[O-])cc2)n1. The summed E-state index contributed by atoms with van der Waals surface area (Å²) in [7, 11) is 0. The minimum absolute atomic E-state index is 0.0516. The standard InChI is InChI=1S/C21H25N7O2/c1-14(2)12-26-13-22-25-21(26)18-5-4-10-27(18)19-11-15(3)23-20(24-19)16-6-8-17(9-7-16)28(29)30/h6-9,11,13-14,18H,4-5,10,12H2,1-3H3. The molecular weight excluding hydrogens is 382 g/mol. The molecule has 0 spiro atoms. The van der Waals surface area contributed by atoms with E-state index in [2.05, 4.69) is 38.5 Å². The van der Waals surface area contributed by atoms with Crippen LogP contribution in [0.5, 0.6) is 0 Å². The van der Waals surface area contributed by atoms with Gasteiger partial charge in [0, 0.05) is 42.5 Å². The lowest BCUT2D eigenvalue weighted by Gasteiger charge is -2.26. The summed E-state index contributed by atoms with van der Waals surface area (Å²) in [5, 5.41) is 19.5. The number of rotatable bonds is 6. The molecule has 1 aromatic carbocycles. The summed E-state index contributed by atoms with van der Waals surface area (Å²) < 4.78 is 2.14. The van der Waals surface area contributed by atoms with Crippen LogP contribution in [0.15, 0.2) is 36.7 Å². The van der Waals surface area contributed by atoms with E-state index in [1.54, 1.807) is 18.5 Å². The van der Waals surface area contributed by atoms with Gasteiger partial charge in [-0.2, -0.15) is 0 Å². The van der Waals surface area contributed by atoms with Gasteiger partial charge in [-0.1, -0.05) is 13.8 Å². The Morgan fingerprint density at radius 1 is 1.23 bits per heavy atom. The molecule has 0 amide bonds. The Hall–Kier alpha value is -3.36. The molecule has 9 heteroatoms. The summed E-state index contributed by atoms with van der Waals surface area (Å²) in [6.45, 7) is 8.06. The van der Waals surface area contributed by atoms with E-state index >= 15 is 0 Å². The Kier molecular flexibility index (Phi) is 5.43. The summed E-state index contributed by atoms with van der Waals surface area (Å²) in [6, 6.07) is 8.44. The van der Waals surface area contributed by atoms with E-state index in [9.17, 15) is 10.1 Å². The van der Waals surface area contributed by atoms with Gasteiger partial charge in [0.15, 0.2) is 11.6 Å². The second-order valence-corrected chi connectivity index (χ2v) is 8.08. The number of aromatic nitrogens is 5. The number of nitro groups is 1. The van der Waals surface area contributed by atoms with Crippen LogP contribution in [0.25, 0.3) is 11.4 Å². The van der Waals surface area contributed by atoms with E-state index in [0.717, 1.165) is 48.8 Å². The summed E-state index contributed by atoms with van der Waals surface area (Å²) >= 11 is 0. The molecule has 0 bridgehead atoms. The number of nitrogens with zero attached hydrogens (tertiary/aromatic N) is 7. The summed E-state index contributed by atoms with van der Waals surface area (Å²) in [5.41, 5.74) is 1.66. The minimum Gasteiger partial charge on any atom is -0.346 e. The lowest BCUT2D eigenvalue weighted by Crippen LogP contribution is -2.27. The zero-order valence-corrected chi connectivity index (χ0v) is 17.4. The van der Waals surface area contributed by atoms with Gasteiger partial charge >= 0.3 is 0 Å². The first kappa shape index (κ1) is 19.9. The monoisotopic (exact) mass is 407 g/mol. The van der Waals surface area contributed by atoms with E-state index in [-0.39, 0.29) is 11.7 Å². The number of hydrogen-bond acceptors (Lipinski definition) is 7. The van der Waals surface area contributed by atoms with E-state index < -0.39 is 4.92 Å². The fraction of sp³-hybridized carbons (Fsp3) is 0.429. The van der Waals surface area contributed by atoms with Crippen LogP contribution in [-0.4, -0.2) is 36.2 Å². The smallest absolute Gasteiger partial charge is 0.269 e. The van der Waals surface area contributed by atoms with Crippen LogP contribution in [0.1, 0.15) is 44.2 Å². The maximum absolute atomic E-state index is 10.9. The number of aryl methyl sites for hydroxylation is 1. The van der Waals surface area contributed by atoms with Crippen molar-refractivity contribution in [1.82, 2.24) is 24.7 Å². The highest BCUT2D eigenvalue weighted by atomic mass is 16.6. The number of anilines is 1. The zero-order chi connectivity index (χ0) is 21.3. The van der Waals surface area contributed by atoms with Crippen LogP contribution < -0.4 is 4.90 Å². The second-order valence-electron chi connectivity index (χ2n) is 8.08. The van der Waals surface area contributed by atoms with Gasteiger partial charge in [-0.15, -0.1) is 10.2 Å². The lowest BCUT2D eigenvalue weighted by atomic mass is 10.1. The van der Waals surface area contributed by atoms with Crippen LogP contribution >= 0.6 is 0 Å². The predicted molar refractivity (Wildman–Crippen MR) is 113 cm³/mol. The first-order chi connectivity index (χ1) is 14.4. The third-order valence-corrected chi connectivity index (χ3v) is 5.23. The number of benzene rings is 1. The summed E-state index contributed by atoms with van der Waals surface area (Å²) in [6.07, 6.45) is 3.85. The van der Waals surface area contributed by atoms with Crippen LogP contribution in [0, 0.1) is 23.0 Å². The van der Waals surface area contributed by atoms with Crippen molar-refractivity contribution in [3.8, 4) is 11.4 Å². The number of nitro benzene ring substituents is 1. The Morgan fingerprint density at radius 2 is 2.00 bits per heavy atom. The van der Waals surface area contributed by atoms with Crippen LogP contribution in [0.2, 0.25) is 0 Å². The van der Waals surface area contributed by atoms with Crippen molar-refractivity contribution >= 4 is 11.5 Å². The quantitative estimate of drug-likeness (QED) is 0.450. The van der Waals surface area contributed by atoms with E-state index in [0.29, 0.717) is 11.7 Å². The van der Waals surface area contributed by atoms with Gasteiger partial charge in [0.05, 0.1) is 11.0 Å². The van der Waals surface area contributed by atoms with Crippen molar-refractivity contribution in [3.05, 3.63) is 58.3 Å². The molecule has 1 atom stereocenters. The molecule has 3 aromatic rings. The Bertz CT molecular complexity index is 1050. The van der Waals surface area contributed by atoms with Gasteiger partial charge in [-0.05, 0) is 37.8 Å². The van der Waals surface area contributed by atoms with Crippen molar-refractivity contribution in [1.29, 1.82) is 0 Å². The van der Waals surface area contributed by atoms with E-state index in [4.69, 9.17) is 4.98 Å². The van der Waals surface area contributed by atoms with Gasteiger partial charge in [0.25, 0.3) is 5.69 Å². The highest BCUT2D eigenvalue weighted by molar-refractivity contribution is 5.60. The molecule has 2 aromatic heterocycles. The molecule has 1 saturated heterocycles. The molecular formula is C21H25N7O2. The summed E-state index contributed by atoms with van der Waals surface area (Å²) in [4.78, 5) is 22.1. The average molecular weight is 407 g/mol. The Morgan fingerprint density at radius 3 is 2.70 bits per heavy atom. The third-order valence-electron chi connectivity index (χ3n) is 5.23. The van der Waals surface area contributed by atoms with Gasteiger partial charge in [-0.3, -0.25) is 10.1 Å². The largest absolute Gasteiger partial charge is 0.346 e. The molecule has 0 radical (unpaired) electrons. The van der Waals surface area contributed by atoms with Crippen molar-refractivity contribution in [3.63, 3.8) is 0 Å². The molecule has 1 unspecified atom stereocenters. The topological polar surface area (TPSA) is 103 Å². The molecule has 1 fully saturated rings. The molecule has 3 heterocycles. The first-order valence-corrected chi connectivity index (χ1v) is 10.2. The third kappa shape index (κ3) is 4.00. The fourth-order valence-corrected chi connectivity index (χ4v) is 3.93. The predicted octanol–water partition coefficient (Wildman–Crippen LogP) is 3.95. The molecule has 1 aliphatic rings. The minimum atomic E-state index is -0.408. The Balaban J connectivity index is 1.67. The van der Waals surface area contributed by atoms with Gasteiger partial charge in [-0.25, -0.2) is 9.97 Å². The van der Waals surface area contributed by atoms with E-state index in [1.807, 2.05) is 13.0 Å². The summed E-state index contributed by atoms with van der Waals surface area (Å²) in [5.74, 6) is 2.88. The van der Waals surface area contributed by atoms with Crippen LogP contribution in [0.3, 0.4) is 0 Å². The molecule has 0 saturated carbocycles. The molecule has 0 aliphatic carbocycles. The molecule has 30 heavy (non-hydrogen) atoms. The average Bonchev–Trinajstić information content (AvgIpc) is 3.36. The van der Waals surface area contributed by atoms with E-state index in [1.165, 1.54) is 12.1 Å². The molecule has 9 nitrogen and oxygen atoms in total. The highest BCUT2D eigenvalue weighted by Crippen LogP contribution is 2.35. The molecule has 4 rings (SSSR count). The highest BCUT2D eigenvalue weighted by Gasteiger charge is 2.31. The lowest BCUT2D eigenvalue weighted by molar-refractivity contribution is -0.384. The van der Waals surface area contributed by atoms with Gasteiger partial charge in [0.1, 0.15) is 12.1 Å². The van der Waals surface area contributed by atoms with Crippen molar-refractivity contribution in [2.24, 2.45) is 5.92 Å². The molecule has 156 valence electrons. The zero-order valence-electron chi connectivity index (χ0n) is 17.4. The van der Waals surface area contributed by atoms with Crippen molar-refractivity contribution < 1.29 is 4.92 Å². The molecule has 1 aliphatic heterocycles. The first-order valence-electron chi connectivity index (χ1n) is 10.2. The van der Waals surface area contributed by atoms with Crippen LogP contribution in [0.4, 0.5) is 11.5 Å². The van der Waals surface area contributed by atoms with Crippen molar-refractivity contribution in [2.45, 2.75) is 46.2 Å².